The molecule has 0 aliphatic carbocycles. The third-order valence-electron chi connectivity index (χ3n) is 5.24. The van der Waals surface area contributed by atoms with Crippen LogP contribution in [0.1, 0.15) is 31.9 Å². The first kappa shape index (κ1) is 31.7. The number of aliphatic carboxylic acids is 1. The number of imidazole rings is 1. The molecule has 0 fully saturated rings. The third-order valence-corrected chi connectivity index (χ3v) is 5.88. The van der Waals surface area contributed by atoms with Crippen molar-refractivity contribution < 1.29 is 29.4 Å². The molecule has 0 aliphatic rings. The van der Waals surface area contributed by atoms with E-state index in [1.165, 1.54) is 31.2 Å². The first-order valence-electron chi connectivity index (χ1n) is 11.5. The Bertz CT molecular complexity index is 908. The van der Waals surface area contributed by atoms with E-state index >= 15 is 0 Å². The number of nitrogens with two attached hydrogens (primary N) is 3. The maximum Gasteiger partial charge on any atom is 0.326 e. The van der Waals surface area contributed by atoms with Gasteiger partial charge in [0.25, 0.3) is 0 Å². The second-order valence-corrected chi connectivity index (χ2v) is 9.29. The van der Waals surface area contributed by atoms with Crippen molar-refractivity contribution in [2.45, 2.75) is 62.9 Å². The van der Waals surface area contributed by atoms with Crippen LogP contribution < -0.4 is 33.2 Å². The van der Waals surface area contributed by atoms with Crippen molar-refractivity contribution in [3.63, 3.8) is 0 Å². The molecule has 0 bridgehead atoms. The van der Waals surface area contributed by atoms with Crippen molar-refractivity contribution in [1.82, 2.24) is 25.9 Å². The summed E-state index contributed by atoms with van der Waals surface area (Å²) in [6, 6.07) is -4.73. The topological polar surface area (TPSA) is 264 Å². The number of nitrogens with zero attached hydrogens (tertiary/aromatic N) is 2. The summed E-state index contributed by atoms with van der Waals surface area (Å²) in [4.78, 5) is 60.7. The molecule has 0 radical (unpaired) electrons. The molecular formula is C21H37N9O6S. The SMILES string of the molecule is CSCCC(NC(=O)C(Cc1cnc[nH]1)NC(=O)C(N)C(C)O)C(=O)NC(CCCN=C(N)N)C(=O)O. The number of aromatic nitrogens is 2. The van der Waals surface area contributed by atoms with Gasteiger partial charge in [-0.1, -0.05) is 0 Å². The second kappa shape index (κ2) is 16.4. The lowest BCUT2D eigenvalue weighted by Crippen LogP contribution is -2.58. The average Bonchev–Trinajstić information content (AvgIpc) is 3.35. The van der Waals surface area contributed by atoms with Crippen molar-refractivity contribution in [3.8, 4) is 0 Å². The normalized spacial score (nSPS) is 14.9. The molecule has 16 heteroatoms. The number of guanidine groups is 1. The summed E-state index contributed by atoms with van der Waals surface area (Å²) in [6.07, 6.45) is 4.12. The van der Waals surface area contributed by atoms with E-state index < -0.39 is 54.0 Å². The highest BCUT2D eigenvalue weighted by Crippen LogP contribution is 2.07. The number of hydrogen-bond donors (Lipinski definition) is 9. The minimum Gasteiger partial charge on any atom is -0.480 e. The fourth-order valence-corrected chi connectivity index (χ4v) is 3.59. The fraction of sp³-hybridized carbons (Fsp3) is 0.619. The Morgan fingerprint density at radius 3 is 2.24 bits per heavy atom. The van der Waals surface area contributed by atoms with Gasteiger partial charge in [0, 0.05) is 24.9 Å². The highest BCUT2D eigenvalue weighted by molar-refractivity contribution is 7.98. The Morgan fingerprint density at radius 2 is 1.70 bits per heavy atom. The van der Waals surface area contributed by atoms with Gasteiger partial charge in [-0.2, -0.15) is 11.8 Å². The van der Waals surface area contributed by atoms with Gasteiger partial charge in [0.05, 0.1) is 12.4 Å². The standard InChI is InChI=1S/C21H37N9O6S/c1-11(31)16(22)19(34)30-15(8-12-9-25-10-27-12)18(33)28-13(5-7-37-2)17(32)29-14(20(35)36)4-3-6-26-21(23)24/h9-11,13-16,31H,3-8,22H2,1-2H3,(H,25,27)(H,28,33)(H,29,32)(H,30,34)(H,35,36)(H4,23,24,26). The van der Waals surface area contributed by atoms with E-state index in [1.54, 1.807) is 0 Å². The van der Waals surface area contributed by atoms with Crippen molar-refractivity contribution in [1.29, 1.82) is 0 Å². The number of aromatic amines is 1. The quantitative estimate of drug-likeness (QED) is 0.0543. The highest BCUT2D eigenvalue weighted by atomic mass is 32.2. The summed E-state index contributed by atoms with van der Waals surface area (Å²) < 4.78 is 0. The van der Waals surface area contributed by atoms with Crippen LogP contribution in [0.2, 0.25) is 0 Å². The number of aliphatic hydroxyl groups is 1. The summed E-state index contributed by atoms with van der Waals surface area (Å²) in [5.74, 6) is -3.02. The largest absolute Gasteiger partial charge is 0.480 e. The van der Waals surface area contributed by atoms with Crippen molar-refractivity contribution in [2.75, 3.05) is 18.6 Å². The molecule has 0 aliphatic heterocycles. The van der Waals surface area contributed by atoms with Gasteiger partial charge in [0.1, 0.15) is 24.2 Å². The number of aliphatic hydroxyl groups excluding tert-OH is 1. The number of H-pyrrole nitrogens is 1. The minimum atomic E-state index is -1.28. The van der Waals surface area contributed by atoms with Crippen LogP contribution in [0.15, 0.2) is 17.5 Å². The van der Waals surface area contributed by atoms with E-state index in [4.69, 9.17) is 17.2 Å². The highest BCUT2D eigenvalue weighted by Gasteiger charge is 2.31. The predicted molar refractivity (Wildman–Crippen MR) is 138 cm³/mol. The van der Waals surface area contributed by atoms with Gasteiger partial charge >= 0.3 is 5.97 Å². The molecule has 3 amide bonds. The molecule has 0 saturated carbocycles. The van der Waals surface area contributed by atoms with E-state index in [-0.39, 0.29) is 31.8 Å². The Labute approximate surface area is 218 Å². The van der Waals surface area contributed by atoms with Gasteiger partial charge in [0.2, 0.25) is 17.7 Å². The number of nitrogens with one attached hydrogen (secondary N) is 4. The molecule has 15 nitrogen and oxygen atoms in total. The average molecular weight is 544 g/mol. The monoisotopic (exact) mass is 543 g/mol. The summed E-state index contributed by atoms with van der Waals surface area (Å²) >= 11 is 1.44. The van der Waals surface area contributed by atoms with Crippen LogP contribution in [0.4, 0.5) is 0 Å². The Morgan fingerprint density at radius 1 is 1.08 bits per heavy atom. The number of aliphatic imine (C=N–C) groups is 1. The fourth-order valence-electron chi connectivity index (χ4n) is 3.12. The summed E-state index contributed by atoms with van der Waals surface area (Å²) in [7, 11) is 0. The molecule has 12 N–H and O–H groups in total. The van der Waals surface area contributed by atoms with Crippen LogP contribution in [-0.2, 0) is 25.6 Å². The number of carbonyl (C=O) groups is 4. The Kier molecular flexibility index (Phi) is 14.0. The van der Waals surface area contributed by atoms with Crippen LogP contribution in [0, 0.1) is 0 Å². The van der Waals surface area contributed by atoms with Crippen LogP contribution >= 0.6 is 11.8 Å². The first-order valence-corrected chi connectivity index (χ1v) is 12.9. The van der Waals surface area contributed by atoms with Crippen LogP contribution in [0.25, 0.3) is 0 Å². The number of hydrogen-bond acceptors (Lipinski definition) is 9. The second-order valence-electron chi connectivity index (χ2n) is 8.30. The molecule has 0 saturated heterocycles. The smallest absolute Gasteiger partial charge is 0.326 e. The molecule has 37 heavy (non-hydrogen) atoms. The Balaban J connectivity index is 2.98. The zero-order valence-corrected chi connectivity index (χ0v) is 21.7. The number of carbonyl (C=O) groups excluding carboxylic acids is 3. The number of carboxylic acid groups (broad SMARTS) is 1. The molecule has 5 atom stereocenters. The molecule has 5 unspecified atom stereocenters. The van der Waals surface area contributed by atoms with Crippen LogP contribution in [0.5, 0.6) is 0 Å². The van der Waals surface area contributed by atoms with Crippen LogP contribution in [-0.4, -0.2) is 98.7 Å². The molecule has 1 rings (SSSR count). The molecule has 208 valence electrons. The maximum atomic E-state index is 13.2. The van der Waals surface area contributed by atoms with Crippen LogP contribution in [0.3, 0.4) is 0 Å². The van der Waals surface area contributed by atoms with E-state index in [1.807, 2.05) is 6.26 Å². The summed E-state index contributed by atoms with van der Waals surface area (Å²) in [6.45, 7) is 1.53. The van der Waals surface area contributed by atoms with E-state index in [0.717, 1.165) is 0 Å². The minimum absolute atomic E-state index is 0.00348. The van der Waals surface area contributed by atoms with Gasteiger partial charge in [0.15, 0.2) is 5.96 Å². The molecular weight excluding hydrogens is 506 g/mol. The summed E-state index contributed by atoms with van der Waals surface area (Å²) in [5, 5.41) is 26.7. The van der Waals surface area contributed by atoms with Gasteiger partial charge in [-0.25, -0.2) is 9.78 Å². The number of amides is 3. The van der Waals surface area contributed by atoms with E-state index in [0.29, 0.717) is 17.9 Å². The third kappa shape index (κ3) is 11.9. The van der Waals surface area contributed by atoms with Gasteiger partial charge in [-0.05, 0) is 38.2 Å². The van der Waals surface area contributed by atoms with E-state index in [2.05, 4.69) is 30.9 Å². The predicted octanol–water partition coefficient (Wildman–Crippen LogP) is -2.99. The lowest BCUT2D eigenvalue weighted by Gasteiger charge is -2.25. The number of thioether (sulfide) groups is 1. The molecule has 1 aromatic rings. The molecule has 0 aromatic carbocycles. The lowest BCUT2D eigenvalue weighted by molar-refractivity contribution is -0.142. The molecule has 1 aromatic heterocycles. The van der Waals surface area contributed by atoms with Gasteiger partial charge in [-0.3, -0.25) is 19.4 Å². The number of carboxylic acids is 1. The zero-order chi connectivity index (χ0) is 28.0. The molecule has 1 heterocycles. The van der Waals surface area contributed by atoms with Crippen molar-refractivity contribution in [2.24, 2.45) is 22.2 Å². The number of rotatable bonds is 17. The van der Waals surface area contributed by atoms with Crippen molar-refractivity contribution >= 4 is 41.4 Å². The maximum absolute atomic E-state index is 13.2. The lowest BCUT2D eigenvalue weighted by atomic mass is 10.1. The summed E-state index contributed by atoms with van der Waals surface area (Å²) in [5.41, 5.74) is 16.7. The van der Waals surface area contributed by atoms with E-state index in [9.17, 15) is 29.4 Å². The van der Waals surface area contributed by atoms with Crippen molar-refractivity contribution in [3.05, 3.63) is 18.2 Å². The van der Waals surface area contributed by atoms with Gasteiger partial charge < -0.3 is 48.3 Å². The first-order chi connectivity index (χ1) is 17.5. The van der Waals surface area contributed by atoms with Gasteiger partial charge in [-0.15, -0.1) is 0 Å². The zero-order valence-electron chi connectivity index (χ0n) is 20.8. The Hall–Kier alpha value is -3.37. The molecule has 0 spiro atoms.